The maximum absolute atomic E-state index is 12.4. The average Bonchev–Trinajstić information content (AvgIpc) is 2.81. The molecule has 0 fully saturated rings. The molecule has 3 aromatic rings. The first kappa shape index (κ1) is 26.0. The van der Waals surface area contributed by atoms with Crippen LogP contribution >= 0.6 is 15.9 Å². The summed E-state index contributed by atoms with van der Waals surface area (Å²) < 4.78 is 6.30. The van der Waals surface area contributed by atoms with Gasteiger partial charge in [0, 0.05) is 16.8 Å². The minimum atomic E-state index is -0.507. The van der Waals surface area contributed by atoms with Crippen molar-refractivity contribution in [2.45, 2.75) is 33.1 Å². The minimum absolute atomic E-state index is 0.00643. The van der Waals surface area contributed by atoms with E-state index in [1.165, 1.54) is 0 Å². The van der Waals surface area contributed by atoms with Crippen LogP contribution < -0.4 is 20.9 Å². The van der Waals surface area contributed by atoms with Crippen molar-refractivity contribution in [2.24, 2.45) is 0 Å². The summed E-state index contributed by atoms with van der Waals surface area (Å²) in [5, 5.41) is 2.79. The molecule has 0 unspecified atom stereocenters. The third-order valence-corrected chi connectivity index (χ3v) is 5.78. The number of amides is 3. The number of hydrazine groups is 1. The number of carbonyl (C=O) groups is 3. The molecular weight excluding hydrogens is 510 g/mol. The fourth-order valence-corrected chi connectivity index (χ4v) is 3.65. The quantitative estimate of drug-likeness (QED) is 0.379. The summed E-state index contributed by atoms with van der Waals surface area (Å²) in [5.41, 5.74) is 8.22. The maximum atomic E-state index is 12.4. The molecule has 3 rings (SSSR count). The molecule has 3 N–H and O–H groups in total. The zero-order chi connectivity index (χ0) is 25.6. The number of aryl methyl sites for hydroxylation is 1. The molecule has 35 heavy (non-hydrogen) atoms. The van der Waals surface area contributed by atoms with Gasteiger partial charge in [-0.1, -0.05) is 44.5 Å². The molecule has 7 nitrogen and oxygen atoms in total. The highest BCUT2D eigenvalue weighted by Crippen LogP contribution is 2.31. The van der Waals surface area contributed by atoms with E-state index in [2.05, 4.69) is 52.9 Å². The van der Waals surface area contributed by atoms with Crippen molar-refractivity contribution < 1.29 is 19.1 Å². The topological polar surface area (TPSA) is 96.5 Å². The van der Waals surface area contributed by atoms with E-state index in [0.29, 0.717) is 22.6 Å². The molecule has 0 atom stereocenters. The Kier molecular flexibility index (Phi) is 8.30. The van der Waals surface area contributed by atoms with Crippen LogP contribution in [0.4, 0.5) is 5.69 Å². The van der Waals surface area contributed by atoms with E-state index in [4.69, 9.17) is 4.74 Å². The second kappa shape index (κ2) is 11.2. The Morgan fingerprint density at radius 2 is 1.57 bits per heavy atom. The molecule has 0 radical (unpaired) electrons. The molecule has 0 bridgehead atoms. The number of anilines is 1. The van der Waals surface area contributed by atoms with Crippen LogP contribution in [0.2, 0.25) is 0 Å². The van der Waals surface area contributed by atoms with Crippen molar-refractivity contribution in [1.29, 1.82) is 0 Å². The number of halogens is 1. The molecule has 0 aliphatic heterocycles. The van der Waals surface area contributed by atoms with Crippen molar-refractivity contribution in [2.75, 3.05) is 11.9 Å². The molecule has 0 aliphatic carbocycles. The van der Waals surface area contributed by atoms with Gasteiger partial charge in [0.05, 0.1) is 4.47 Å². The predicted molar refractivity (Wildman–Crippen MR) is 140 cm³/mol. The Balaban J connectivity index is 1.47. The first-order valence-corrected chi connectivity index (χ1v) is 11.8. The van der Waals surface area contributed by atoms with E-state index in [1.807, 2.05) is 31.2 Å². The number of carbonyl (C=O) groups excluding carboxylic acids is 3. The SMILES string of the molecule is Cc1cccc(C(=O)Nc2ccc(C(=O)NNC(=O)COc3ccc(C(C)(C)C)cc3Br)cc2)c1. The summed E-state index contributed by atoms with van der Waals surface area (Å²) in [4.78, 5) is 36.8. The van der Waals surface area contributed by atoms with Gasteiger partial charge in [0.1, 0.15) is 5.75 Å². The van der Waals surface area contributed by atoms with Crippen LogP contribution in [0.15, 0.2) is 71.2 Å². The molecule has 0 saturated carbocycles. The molecule has 3 amide bonds. The van der Waals surface area contributed by atoms with Gasteiger partial charge in [-0.25, -0.2) is 0 Å². The van der Waals surface area contributed by atoms with Gasteiger partial charge in [0.2, 0.25) is 0 Å². The predicted octanol–water partition coefficient (Wildman–Crippen LogP) is 5.15. The monoisotopic (exact) mass is 537 g/mol. The highest BCUT2D eigenvalue weighted by molar-refractivity contribution is 9.10. The van der Waals surface area contributed by atoms with Gasteiger partial charge < -0.3 is 10.1 Å². The summed E-state index contributed by atoms with van der Waals surface area (Å²) in [6, 6.07) is 19.3. The zero-order valence-electron chi connectivity index (χ0n) is 20.1. The van der Waals surface area contributed by atoms with E-state index in [-0.39, 0.29) is 17.9 Å². The summed E-state index contributed by atoms with van der Waals surface area (Å²) in [6.07, 6.45) is 0. The average molecular weight is 538 g/mol. The molecule has 0 heterocycles. The lowest BCUT2D eigenvalue weighted by atomic mass is 9.87. The lowest BCUT2D eigenvalue weighted by Gasteiger charge is -2.20. The molecular formula is C27H28BrN3O4. The number of rotatable bonds is 6. The van der Waals surface area contributed by atoms with Crippen LogP contribution in [-0.4, -0.2) is 24.3 Å². The van der Waals surface area contributed by atoms with Crippen molar-refractivity contribution in [3.05, 3.63) is 93.5 Å². The Morgan fingerprint density at radius 3 is 2.20 bits per heavy atom. The number of nitrogens with one attached hydrogen (secondary N) is 3. The number of hydrogen-bond donors (Lipinski definition) is 3. The van der Waals surface area contributed by atoms with Crippen molar-refractivity contribution >= 4 is 39.3 Å². The van der Waals surface area contributed by atoms with Crippen LogP contribution in [-0.2, 0) is 10.2 Å². The molecule has 0 saturated heterocycles. The largest absolute Gasteiger partial charge is 0.483 e. The fourth-order valence-electron chi connectivity index (χ4n) is 3.16. The van der Waals surface area contributed by atoms with Crippen LogP contribution in [0.25, 0.3) is 0 Å². The van der Waals surface area contributed by atoms with E-state index in [9.17, 15) is 14.4 Å². The van der Waals surface area contributed by atoms with Gasteiger partial charge in [-0.2, -0.15) is 0 Å². The van der Waals surface area contributed by atoms with Crippen molar-refractivity contribution in [1.82, 2.24) is 10.9 Å². The van der Waals surface area contributed by atoms with Gasteiger partial charge in [0.25, 0.3) is 17.7 Å². The van der Waals surface area contributed by atoms with Crippen LogP contribution in [0.1, 0.15) is 52.6 Å². The summed E-state index contributed by atoms with van der Waals surface area (Å²) >= 11 is 3.47. The standard InChI is InChI=1S/C27H28BrN3O4/c1-17-6-5-7-19(14-17)25(33)29-21-11-8-18(9-12-21)26(34)31-30-24(32)16-35-23-13-10-20(15-22(23)28)27(2,3)4/h5-15H,16H2,1-4H3,(H,29,33)(H,30,32)(H,31,34). The Bertz CT molecular complexity index is 1230. The Labute approximate surface area is 213 Å². The molecule has 0 aromatic heterocycles. The van der Waals surface area contributed by atoms with Gasteiger partial charge >= 0.3 is 0 Å². The summed E-state index contributed by atoms with van der Waals surface area (Å²) in [5.74, 6) is -0.710. The van der Waals surface area contributed by atoms with E-state index in [0.717, 1.165) is 15.6 Å². The van der Waals surface area contributed by atoms with Crippen molar-refractivity contribution in [3.63, 3.8) is 0 Å². The highest BCUT2D eigenvalue weighted by atomic mass is 79.9. The number of ether oxygens (including phenoxy) is 1. The van der Waals surface area contributed by atoms with Crippen LogP contribution in [0.3, 0.4) is 0 Å². The lowest BCUT2D eigenvalue weighted by molar-refractivity contribution is -0.123. The molecule has 0 aliphatic rings. The zero-order valence-corrected chi connectivity index (χ0v) is 21.7. The fraction of sp³-hybridized carbons (Fsp3) is 0.222. The van der Waals surface area contributed by atoms with Crippen LogP contribution in [0.5, 0.6) is 5.75 Å². The third-order valence-electron chi connectivity index (χ3n) is 5.16. The number of hydrogen-bond acceptors (Lipinski definition) is 4. The molecule has 182 valence electrons. The van der Waals surface area contributed by atoms with E-state index >= 15 is 0 Å². The molecule has 0 spiro atoms. The number of benzene rings is 3. The summed E-state index contributed by atoms with van der Waals surface area (Å²) in [7, 11) is 0. The minimum Gasteiger partial charge on any atom is -0.483 e. The Morgan fingerprint density at radius 1 is 0.857 bits per heavy atom. The second-order valence-corrected chi connectivity index (χ2v) is 9.94. The lowest BCUT2D eigenvalue weighted by Crippen LogP contribution is -2.43. The van der Waals surface area contributed by atoms with Gasteiger partial charge in [-0.05, 0) is 82.4 Å². The molecule has 8 heteroatoms. The first-order chi connectivity index (χ1) is 16.5. The second-order valence-electron chi connectivity index (χ2n) is 9.09. The van der Waals surface area contributed by atoms with Crippen molar-refractivity contribution in [3.8, 4) is 5.75 Å². The summed E-state index contributed by atoms with van der Waals surface area (Å²) in [6.45, 7) is 7.98. The van der Waals surface area contributed by atoms with E-state index in [1.54, 1.807) is 42.5 Å². The van der Waals surface area contributed by atoms with Crippen LogP contribution in [0, 0.1) is 6.92 Å². The first-order valence-electron chi connectivity index (χ1n) is 11.0. The Hall–Kier alpha value is -3.65. The van der Waals surface area contributed by atoms with Gasteiger partial charge in [-0.3, -0.25) is 25.2 Å². The third kappa shape index (κ3) is 7.42. The highest BCUT2D eigenvalue weighted by Gasteiger charge is 2.16. The molecule has 3 aromatic carbocycles. The smallest absolute Gasteiger partial charge is 0.276 e. The normalized spacial score (nSPS) is 10.9. The van der Waals surface area contributed by atoms with Gasteiger partial charge in [-0.15, -0.1) is 0 Å². The maximum Gasteiger partial charge on any atom is 0.276 e. The van der Waals surface area contributed by atoms with Gasteiger partial charge in [0.15, 0.2) is 6.61 Å². The van der Waals surface area contributed by atoms with E-state index < -0.39 is 11.8 Å².